The van der Waals surface area contributed by atoms with E-state index in [1.807, 2.05) is 0 Å². The van der Waals surface area contributed by atoms with Gasteiger partial charge in [-0.2, -0.15) is 0 Å². The maximum Gasteiger partial charge on any atom is 0.166 e. The molecule has 4 rings (SSSR count). The molecule has 4 aromatic carbocycles. The van der Waals surface area contributed by atoms with Crippen LogP contribution in [0.3, 0.4) is 0 Å². The van der Waals surface area contributed by atoms with Crippen LogP contribution in [0.4, 0.5) is 26.3 Å². The van der Waals surface area contributed by atoms with Crippen molar-refractivity contribution in [3.05, 3.63) is 106 Å². The van der Waals surface area contributed by atoms with Gasteiger partial charge in [0.15, 0.2) is 11.6 Å². The minimum Gasteiger partial charge on any atom is -0.384 e. The number of halogens is 6. The summed E-state index contributed by atoms with van der Waals surface area (Å²) in [6, 6.07) is 10.3. The van der Waals surface area contributed by atoms with E-state index in [1.165, 1.54) is 31.4 Å². The minimum atomic E-state index is -1.10. The molecule has 0 aliphatic rings. The number of hydrogen-bond donors (Lipinski definition) is 0. The van der Waals surface area contributed by atoms with Crippen LogP contribution in [-0.2, 0) is 11.2 Å². The van der Waals surface area contributed by atoms with Crippen molar-refractivity contribution in [2.24, 2.45) is 0 Å². The van der Waals surface area contributed by atoms with Crippen molar-refractivity contribution in [1.82, 2.24) is 0 Å². The molecule has 0 spiro atoms. The average Bonchev–Trinajstić information content (AvgIpc) is 2.79. The van der Waals surface area contributed by atoms with Crippen molar-refractivity contribution in [1.29, 1.82) is 0 Å². The van der Waals surface area contributed by atoms with Gasteiger partial charge in [-0.05, 0) is 65.4 Å². The van der Waals surface area contributed by atoms with Gasteiger partial charge in [0, 0.05) is 18.1 Å². The summed E-state index contributed by atoms with van der Waals surface area (Å²) >= 11 is 0. The fourth-order valence-corrected chi connectivity index (χ4v) is 3.58. The molecule has 0 aromatic heterocycles. The van der Waals surface area contributed by atoms with Gasteiger partial charge in [-0.1, -0.05) is 24.0 Å². The molecule has 0 bridgehead atoms. The van der Waals surface area contributed by atoms with Gasteiger partial charge in [-0.3, -0.25) is 0 Å². The minimum absolute atomic E-state index is 0.0459. The molecular formula is C27H16F6O. The molecule has 7 heteroatoms. The van der Waals surface area contributed by atoms with Gasteiger partial charge in [-0.25, -0.2) is 26.3 Å². The molecule has 4 aromatic rings. The maximum absolute atomic E-state index is 14.7. The zero-order valence-electron chi connectivity index (χ0n) is 17.8. The summed E-state index contributed by atoms with van der Waals surface area (Å²) in [6.07, 6.45) is 0.276. The highest BCUT2D eigenvalue weighted by molar-refractivity contribution is 5.84. The zero-order valence-corrected chi connectivity index (χ0v) is 17.8. The lowest BCUT2D eigenvalue weighted by Gasteiger charge is -2.10. The Kier molecular flexibility index (Phi) is 6.62. The third kappa shape index (κ3) is 4.63. The van der Waals surface area contributed by atoms with Crippen LogP contribution < -0.4 is 0 Å². The largest absolute Gasteiger partial charge is 0.384 e. The van der Waals surface area contributed by atoms with Gasteiger partial charge in [-0.15, -0.1) is 0 Å². The summed E-state index contributed by atoms with van der Waals surface area (Å²) in [6.45, 7) is 0.262. The van der Waals surface area contributed by atoms with Gasteiger partial charge in [0.1, 0.15) is 23.3 Å². The van der Waals surface area contributed by atoms with E-state index in [9.17, 15) is 26.3 Å². The van der Waals surface area contributed by atoms with E-state index in [-0.39, 0.29) is 24.0 Å². The van der Waals surface area contributed by atoms with Crippen LogP contribution in [0.5, 0.6) is 0 Å². The Hall–Kier alpha value is -3.76. The number of methoxy groups -OCH3 is 1. The molecule has 0 unspecified atom stereocenters. The molecule has 0 aliphatic heterocycles. The standard InChI is InChI=1S/C27H16F6O/c1-34-9-8-16-11-24(31)26(25(32)12-16)18-13-22(29)20(23(30)14-18)6-3-15-2-5-19-17(10-15)4-7-21(28)27(19)33/h2,4-5,7,10-14H,8-9H2,1H3. The highest BCUT2D eigenvalue weighted by Crippen LogP contribution is 2.30. The Balaban J connectivity index is 1.68. The third-order valence-corrected chi connectivity index (χ3v) is 5.27. The van der Waals surface area contributed by atoms with Gasteiger partial charge in [0.2, 0.25) is 0 Å². The highest BCUT2D eigenvalue weighted by Gasteiger charge is 2.18. The molecule has 0 amide bonds. The van der Waals surface area contributed by atoms with Crippen LogP contribution in [0, 0.1) is 46.7 Å². The molecule has 0 saturated heterocycles. The average molecular weight is 470 g/mol. The summed E-state index contributed by atoms with van der Waals surface area (Å²) in [5, 5.41) is 0.409. The normalized spacial score (nSPS) is 10.9. The quantitative estimate of drug-likeness (QED) is 0.232. The van der Waals surface area contributed by atoms with E-state index < -0.39 is 46.0 Å². The van der Waals surface area contributed by atoms with E-state index in [0.717, 1.165) is 30.3 Å². The van der Waals surface area contributed by atoms with E-state index in [4.69, 9.17) is 4.74 Å². The van der Waals surface area contributed by atoms with E-state index >= 15 is 0 Å². The van der Waals surface area contributed by atoms with Crippen LogP contribution in [0.2, 0.25) is 0 Å². The smallest absolute Gasteiger partial charge is 0.166 e. The molecule has 0 aliphatic carbocycles. The lowest BCUT2D eigenvalue weighted by atomic mass is 9.99. The number of ether oxygens (including phenoxy) is 1. The van der Waals surface area contributed by atoms with Crippen molar-refractivity contribution in [2.45, 2.75) is 6.42 Å². The molecule has 0 heterocycles. The van der Waals surface area contributed by atoms with E-state index in [2.05, 4.69) is 11.8 Å². The number of rotatable bonds is 4. The van der Waals surface area contributed by atoms with E-state index in [0.29, 0.717) is 16.5 Å². The molecule has 0 N–H and O–H groups in total. The van der Waals surface area contributed by atoms with Crippen molar-refractivity contribution in [2.75, 3.05) is 13.7 Å². The van der Waals surface area contributed by atoms with Crippen LogP contribution in [0.1, 0.15) is 16.7 Å². The molecular weight excluding hydrogens is 454 g/mol. The van der Waals surface area contributed by atoms with Gasteiger partial charge in [0.25, 0.3) is 0 Å². The summed E-state index contributed by atoms with van der Waals surface area (Å²) in [5.41, 5.74) is -0.793. The highest BCUT2D eigenvalue weighted by atomic mass is 19.2. The van der Waals surface area contributed by atoms with Gasteiger partial charge in [0.05, 0.1) is 17.7 Å². The lowest BCUT2D eigenvalue weighted by Crippen LogP contribution is -2.00. The molecule has 0 atom stereocenters. The second kappa shape index (κ2) is 9.62. The Bertz CT molecular complexity index is 1420. The Morgan fingerprint density at radius 1 is 0.706 bits per heavy atom. The number of fused-ring (bicyclic) bond motifs is 1. The van der Waals surface area contributed by atoms with E-state index in [1.54, 1.807) is 0 Å². The SMILES string of the molecule is COCCc1cc(F)c(-c2cc(F)c(C#Cc3ccc4c(F)c(F)ccc4c3)c(F)c2)c(F)c1. The fraction of sp³-hybridized carbons (Fsp3) is 0.111. The predicted octanol–water partition coefficient (Wildman–Crippen LogP) is 6.93. The summed E-state index contributed by atoms with van der Waals surface area (Å²) in [4.78, 5) is 0. The second-order valence-corrected chi connectivity index (χ2v) is 7.54. The van der Waals surface area contributed by atoms with Gasteiger partial charge >= 0.3 is 0 Å². The summed E-state index contributed by atoms with van der Waals surface area (Å²) in [7, 11) is 1.46. The number of hydrogen-bond acceptors (Lipinski definition) is 1. The lowest BCUT2D eigenvalue weighted by molar-refractivity contribution is 0.202. The Labute approximate surface area is 191 Å². The third-order valence-electron chi connectivity index (χ3n) is 5.27. The van der Waals surface area contributed by atoms with Crippen molar-refractivity contribution in [3.8, 4) is 23.0 Å². The maximum atomic E-state index is 14.7. The summed E-state index contributed by atoms with van der Waals surface area (Å²) < 4.78 is 90.5. The topological polar surface area (TPSA) is 9.23 Å². The van der Waals surface area contributed by atoms with Crippen molar-refractivity contribution in [3.63, 3.8) is 0 Å². The van der Waals surface area contributed by atoms with Crippen LogP contribution in [0.15, 0.2) is 54.6 Å². The molecule has 0 radical (unpaired) electrons. The summed E-state index contributed by atoms with van der Waals surface area (Å²) in [5.74, 6) is -1.17. The van der Waals surface area contributed by atoms with Crippen LogP contribution >= 0.6 is 0 Å². The second-order valence-electron chi connectivity index (χ2n) is 7.54. The molecule has 0 fully saturated rings. The predicted molar refractivity (Wildman–Crippen MR) is 117 cm³/mol. The Morgan fingerprint density at radius 2 is 1.38 bits per heavy atom. The fourth-order valence-electron chi connectivity index (χ4n) is 3.58. The van der Waals surface area contributed by atoms with Crippen molar-refractivity contribution >= 4 is 10.8 Å². The van der Waals surface area contributed by atoms with Crippen LogP contribution in [-0.4, -0.2) is 13.7 Å². The molecule has 0 saturated carbocycles. The van der Waals surface area contributed by atoms with Gasteiger partial charge < -0.3 is 4.74 Å². The monoisotopic (exact) mass is 470 g/mol. The first kappa shape index (κ1) is 23.4. The first-order chi connectivity index (χ1) is 16.3. The molecule has 172 valence electrons. The Morgan fingerprint density at radius 3 is 2.03 bits per heavy atom. The molecule has 34 heavy (non-hydrogen) atoms. The van der Waals surface area contributed by atoms with Crippen LogP contribution in [0.25, 0.3) is 21.9 Å². The first-order valence-electron chi connectivity index (χ1n) is 10.1. The zero-order chi connectivity index (χ0) is 24.4. The number of benzene rings is 4. The first-order valence-corrected chi connectivity index (χ1v) is 10.1. The molecule has 1 nitrogen and oxygen atoms in total. The van der Waals surface area contributed by atoms with Crippen molar-refractivity contribution < 1.29 is 31.1 Å².